The Balaban J connectivity index is 3.82. The molecule has 0 aromatic carbocycles. The van der Waals surface area contributed by atoms with Gasteiger partial charge in [0.25, 0.3) is 3.79 Å². The molecule has 1 fully saturated rings. The molecule has 242 valence electrons. The second-order valence-corrected chi connectivity index (χ2v) is 16.5. The van der Waals surface area contributed by atoms with Crippen molar-refractivity contribution >= 4 is 64.6 Å². The predicted molar refractivity (Wildman–Crippen MR) is 156 cm³/mol. The van der Waals surface area contributed by atoms with Crippen LogP contribution >= 0.6 is 34.8 Å². The van der Waals surface area contributed by atoms with E-state index in [4.69, 9.17) is 68.6 Å². The molecule has 0 spiro atoms. The number of hydrogen-bond donors (Lipinski definition) is 1. The maximum absolute atomic E-state index is 13.2. The van der Waals surface area contributed by atoms with Crippen LogP contribution in [0.2, 0.25) is 0 Å². The highest BCUT2D eigenvalue weighted by atomic mass is 35.6. The van der Waals surface area contributed by atoms with Gasteiger partial charge in [-0.15, -0.1) is 0 Å². The molecule has 0 saturated carbocycles. The van der Waals surface area contributed by atoms with Gasteiger partial charge in [-0.1, -0.05) is 34.8 Å². The lowest BCUT2D eigenvalue weighted by atomic mass is 9.93. The molecule has 0 amide bonds. The van der Waals surface area contributed by atoms with E-state index < -0.39 is 92.5 Å². The third-order valence-corrected chi connectivity index (χ3v) is 6.16. The molecule has 0 radical (unpaired) electrons. The van der Waals surface area contributed by atoms with Crippen LogP contribution in [0.3, 0.4) is 0 Å². The lowest BCUT2D eigenvalue weighted by molar-refractivity contribution is -0.297. The van der Waals surface area contributed by atoms with Gasteiger partial charge in [0.1, 0.15) is 12.7 Å². The van der Waals surface area contributed by atoms with Crippen molar-refractivity contribution in [3.05, 3.63) is 0 Å². The summed E-state index contributed by atoms with van der Waals surface area (Å²) in [6.45, 7) is 18.8. The van der Waals surface area contributed by atoms with Crippen molar-refractivity contribution in [3.8, 4) is 0 Å². The fraction of sp³-hybridized carbons (Fsp3) is 0.821. The molecule has 0 aromatic heterocycles. The van der Waals surface area contributed by atoms with Crippen LogP contribution in [0.25, 0.3) is 0 Å². The molecule has 1 saturated heterocycles. The Kier molecular flexibility index (Phi) is 12.2. The van der Waals surface area contributed by atoms with Crippen molar-refractivity contribution in [2.24, 2.45) is 21.7 Å². The summed E-state index contributed by atoms with van der Waals surface area (Å²) in [6, 6.07) is 0. The summed E-state index contributed by atoms with van der Waals surface area (Å²) in [5, 5.41) is 8.12. The monoisotopic (exact) mass is 659 g/mol. The zero-order valence-corrected chi connectivity index (χ0v) is 28.6. The number of esters is 4. The Labute approximate surface area is 263 Å². The molecule has 1 rings (SSSR count). The molecule has 14 heteroatoms. The van der Waals surface area contributed by atoms with Crippen LogP contribution < -0.4 is 0 Å². The Bertz CT molecular complexity index is 1030. The standard InChI is InChI=1S/C28H44Cl3NO10/c1-24(2,3)20(33)37-13-14-15(39-21(34)25(4,5)6)16(40-22(35)26(7,8)9)17(41-23(36)27(10,11)12)18(38-14)42-19(32)28(29,30)31/h14-18,32H,13H2,1-12H3/t14-,15+,16+,17-,18+/m1/s1. The maximum Gasteiger partial charge on any atom is 0.311 e. The molecule has 0 unspecified atom stereocenters. The Hall–Kier alpha value is -1.82. The molecular weight excluding hydrogens is 617 g/mol. The van der Waals surface area contributed by atoms with Crippen LogP contribution in [-0.4, -0.2) is 70.9 Å². The fourth-order valence-electron chi connectivity index (χ4n) is 2.97. The largest absolute Gasteiger partial charge is 0.462 e. The summed E-state index contributed by atoms with van der Waals surface area (Å²) in [5.74, 6) is -3.73. The van der Waals surface area contributed by atoms with E-state index in [9.17, 15) is 19.2 Å². The van der Waals surface area contributed by atoms with Gasteiger partial charge in [0.15, 0.2) is 12.2 Å². The summed E-state index contributed by atoms with van der Waals surface area (Å²) in [7, 11) is 0. The molecule has 11 nitrogen and oxygen atoms in total. The smallest absolute Gasteiger partial charge is 0.311 e. The van der Waals surface area contributed by atoms with Crippen molar-refractivity contribution < 1.29 is 47.6 Å². The lowest BCUT2D eigenvalue weighted by Gasteiger charge is -2.45. The first-order chi connectivity index (χ1) is 18.6. The second-order valence-electron chi connectivity index (χ2n) is 14.2. The Morgan fingerprint density at radius 3 is 1.31 bits per heavy atom. The first-order valence-electron chi connectivity index (χ1n) is 13.3. The predicted octanol–water partition coefficient (Wildman–Crippen LogP) is 5.54. The highest BCUT2D eigenvalue weighted by Gasteiger charge is 2.56. The van der Waals surface area contributed by atoms with E-state index in [1.165, 1.54) is 0 Å². The second kappa shape index (κ2) is 13.4. The van der Waals surface area contributed by atoms with Crippen LogP contribution in [0.5, 0.6) is 0 Å². The molecule has 1 N–H and O–H groups in total. The van der Waals surface area contributed by atoms with Crippen LogP contribution in [0.1, 0.15) is 83.1 Å². The average Bonchev–Trinajstić information content (AvgIpc) is 2.77. The van der Waals surface area contributed by atoms with E-state index in [1.807, 2.05) is 0 Å². The highest BCUT2D eigenvalue weighted by molar-refractivity contribution is 6.76. The third kappa shape index (κ3) is 11.0. The van der Waals surface area contributed by atoms with Gasteiger partial charge in [-0.25, -0.2) is 0 Å². The zero-order chi connectivity index (χ0) is 33.2. The van der Waals surface area contributed by atoms with E-state index in [0.717, 1.165) is 0 Å². The summed E-state index contributed by atoms with van der Waals surface area (Å²) >= 11 is 17.5. The minimum absolute atomic E-state index is 0.497. The third-order valence-electron chi connectivity index (χ3n) is 5.64. The number of carbonyl (C=O) groups excluding carboxylic acids is 4. The number of alkyl halides is 3. The number of hydrogen-bond acceptors (Lipinski definition) is 11. The Morgan fingerprint density at radius 1 is 0.595 bits per heavy atom. The Morgan fingerprint density at radius 2 is 0.952 bits per heavy atom. The van der Waals surface area contributed by atoms with Crippen molar-refractivity contribution in [3.63, 3.8) is 0 Å². The lowest BCUT2D eigenvalue weighted by Crippen LogP contribution is -2.64. The van der Waals surface area contributed by atoms with Gasteiger partial charge >= 0.3 is 23.9 Å². The first-order valence-corrected chi connectivity index (χ1v) is 14.5. The summed E-state index contributed by atoms with van der Waals surface area (Å²) < 4.78 is 32.1. The van der Waals surface area contributed by atoms with Crippen molar-refractivity contribution in [2.45, 2.75) is 118 Å². The molecule has 1 heterocycles. The van der Waals surface area contributed by atoms with Crippen molar-refractivity contribution in [1.82, 2.24) is 0 Å². The van der Waals surface area contributed by atoms with Crippen molar-refractivity contribution in [2.75, 3.05) is 6.61 Å². The minimum atomic E-state index is -2.34. The van der Waals surface area contributed by atoms with Crippen molar-refractivity contribution in [1.29, 1.82) is 5.41 Å². The molecule has 5 atom stereocenters. The van der Waals surface area contributed by atoms with Gasteiger partial charge in [-0.3, -0.25) is 24.6 Å². The number of nitrogens with one attached hydrogen (secondary N) is 1. The normalized spacial score (nSPS) is 23.8. The highest BCUT2D eigenvalue weighted by Crippen LogP contribution is 2.36. The fourth-order valence-corrected chi connectivity index (χ4v) is 3.10. The van der Waals surface area contributed by atoms with Gasteiger partial charge in [0.05, 0.1) is 21.7 Å². The zero-order valence-electron chi connectivity index (χ0n) is 26.3. The van der Waals surface area contributed by atoms with Gasteiger partial charge in [0, 0.05) is 0 Å². The molecular formula is C28H44Cl3NO10. The summed E-state index contributed by atoms with van der Waals surface area (Å²) in [6.07, 6.45) is -7.70. The molecule has 1 aliphatic rings. The van der Waals surface area contributed by atoms with E-state index in [1.54, 1.807) is 83.1 Å². The average molecular weight is 661 g/mol. The number of ether oxygens (including phenoxy) is 6. The topological polar surface area (TPSA) is 148 Å². The van der Waals surface area contributed by atoms with E-state index in [2.05, 4.69) is 0 Å². The molecule has 1 aliphatic heterocycles. The number of rotatable bonds is 6. The quantitative estimate of drug-likeness (QED) is 0.127. The number of halogens is 3. The van der Waals surface area contributed by atoms with E-state index >= 15 is 0 Å². The molecule has 0 aliphatic carbocycles. The first kappa shape index (κ1) is 38.2. The molecule has 0 aromatic rings. The van der Waals surface area contributed by atoms with Gasteiger partial charge in [-0.2, -0.15) is 0 Å². The summed E-state index contributed by atoms with van der Waals surface area (Å²) in [4.78, 5) is 52.1. The van der Waals surface area contributed by atoms with Gasteiger partial charge in [0.2, 0.25) is 18.3 Å². The van der Waals surface area contributed by atoms with E-state index in [0.29, 0.717) is 0 Å². The maximum atomic E-state index is 13.2. The summed E-state index contributed by atoms with van der Waals surface area (Å²) in [5.41, 5.74) is -4.02. The molecule has 0 bridgehead atoms. The van der Waals surface area contributed by atoms with Gasteiger partial charge < -0.3 is 28.4 Å². The minimum Gasteiger partial charge on any atom is -0.462 e. The van der Waals surface area contributed by atoms with Crippen LogP contribution in [0, 0.1) is 27.1 Å². The van der Waals surface area contributed by atoms with Crippen LogP contribution in [-0.2, 0) is 47.6 Å². The van der Waals surface area contributed by atoms with Crippen LogP contribution in [0.4, 0.5) is 0 Å². The SMILES string of the molecule is CC(C)(C)C(=O)OC[C@H]1O[C@@H](OC(=N)C(Cl)(Cl)Cl)[C@H](OC(=O)C(C)(C)C)[C@@H](OC(=O)C(C)(C)C)[C@H]1OC(=O)C(C)(C)C. The van der Waals surface area contributed by atoms with E-state index in [-0.39, 0.29) is 0 Å². The van der Waals surface area contributed by atoms with Crippen LogP contribution in [0.15, 0.2) is 0 Å². The number of carbonyl (C=O) groups is 4. The van der Waals surface area contributed by atoms with Gasteiger partial charge in [-0.05, 0) is 83.1 Å². The molecule has 42 heavy (non-hydrogen) atoms.